The van der Waals surface area contributed by atoms with Crippen LogP contribution in [0.4, 0.5) is 10.3 Å². The number of hydrogen-bond acceptors (Lipinski definition) is 12. The highest BCUT2D eigenvalue weighted by Gasteiger charge is 2.42. The molecule has 3 heterocycles. The molecule has 0 saturated carbocycles. The molecule has 0 fully saturated rings. The van der Waals surface area contributed by atoms with E-state index in [4.69, 9.17) is 10.5 Å². The summed E-state index contributed by atoms with van der Waals surface area (Å²) in [6.45, 7) is 0. The molecule has 2 aromatic heterocycles. The van der Waals surface area contributed by atoms with Crippen molar-refractivity contribution in [3.05, 3.63) is 76.8 Å². The minimum Gasteiger partial charge on any atom is -0.496 e. The van der Waals surface area contributed by atoms with E-state index in [2.05, 4.69) is 26.6 Å². The number of amides is 1. The molecule has 6 rings (SSSR count). The Hall–Kier alpha value is -4.25. The van der Waals surface area contributed by atoms with Crippen LogP contribution >= 0.6 is 34.4 Å². The Morgan fingerprint density at radius 2 is 2.00 bits per heavy atom. The molecule has 0 bridgehead atoms. The zero-order chi connectivity index (χ0) is 28.5. The Kier molecular flexibility index (Phi) is 7.44. The first-order valence-corrected chi connectivity index (χ1v) is 15.3. The SMILES string of the molecule is COc1ccccc1C1C(C#N)=C(N)N(c2nnc(SCC(=O)Nc3nc4ccccc4s3)s2)C2=C1C(=O)CCC2. The Morgan fingerprint density at radius 1 is 1.20 bits per heavy atom. The van der Waals surface area contributed by atoms with Gasteiger partial charge in [-0.05, 0) is 31.0 Å². The van der Waals surface area contributed by atoms with Gasteiger partial charge in [-0.15, -0.1) is 10.2 Å². The number of aromatic nitrogens is 3. The fourth-order valence-electron chi connectivity index (χ4n) is 5.08. The molecule has 3 N–H and O–H groups in total. The molecule has 0 spiro atoms. The largest absolute Gasteiger partial charge is 0.496 e. The monoisotopic (exact) mass is 601 g/mol. The van der Waals surface area contributed by atoms with Crippen molar-refractivity contribution in [1.82, 2.24) is 15.2 Å². The van der Waals surface area contributed by atoms with Crippen molar-refractivity contribution in [3.8, 4) is 11.8 Å². The number of benzene rings is 2. The van der Waals surface area contributed by atoms with Gasteiger partial charge in [0.25, 0.3) is 0 Å². The average molecular weight is 602 g/mol. The van der Waals surface area contributed by atoms with Crippen molar-refractivity contribution >= 4 is 66.6 Å². The number of fused-ring (bicyclic) bond motifs is 1. The predicted molar refractivity (Wildman–Crippen MR) is 160 cm³/mol. The Balaban J connectivity index is 1.26. The first-order valence-electron chi connectivity index (χ1n) is 12.7. The molecule has 4 aromatic rings. The predicted octanol–water partition coefficient (Wildman–Crippen LogP) is 5.19. The number of para-hydroxylation sites is 2. The average Bonchev–Trinajstić information content (AvgIpc) is 3.62. The molecule has 1 unspecified atom stereocenters. The number of ketones is 1. The highest BCUT2D eigenvalue weighted by atomic mass is 32.2. The lowest BCUT2D eigenvalue weighted by molar-refractivity contribution is -0.116. The van der Waals surface area contributed by atoms with Gasteiger partial charge in [-0.2, -0.15) is 5.26 Å². The number of nitrogens with one attached hydrogen (secondary N) is 1. The number of methoxy groups -OCH3 is 1. The second kappa shape index (κ2) is 11.3. The molecule has 206 valence electrons. The lowest BCUT2D eigenvalue weighted by atomic mass is 9.75. The van der Waals surface area contributed by atoms with Gasteiger partial charge in [-0.25, -0.2) is 4.98 Å². The molecule has 2 aromatic carbocycles. The van der Waals surface area contributed by atoms with E-state index in [0.717, 1.165) is 15.9 Å². The number of ether oxygens (including phenoxy) is 1. The fraction of sp³-hybridized carbons (Fsp3) is 0.214. The number of nitriles is 1. The summed E-state index contributed by atoms with van der Waals surface area (Å²) in [6, 6.07) is 17.3. The van der Waals surface area contributed by atoms with Crippen LogP contribution in [0.1, 0.15) is 30.7 Å². The molecule has 0 radical (unpaired) electrons. The second-order valence-electron chi connectivity index (χ2n) is 9.23. The number of nitrogens with two attached hydrogens (primary N) is 1. The number of anilines is 2. The zero-order valence-electron chi connectivity index (χ0n) is 21.8. The minimum absolute atomic E-state index is 0.0296. The maximum absolute atomic E-state index is 13.4. The molecular formula is C28H23N7O3S3. The van der Waals surface area contributed by atoms with Crippen LogP contribution in [0.25, 0.3) is 10.2 Å². The molecule has 1 atom stereocenters. The molecule has 1 aliphatic carbocycles. The Labute approximate surface area is 247 Å². The molecule has 10 nitrogen and oxygen atoms in total. The van der Waals surface area contributed by atoms with Crippen LogP contribution in [0.3, 0.4) is 0 Å². The first-order chi connectivity index (χ1) is 20.0. The summed E-state index contributed by atoms with van der Waals surface area (Å²) in [4.78, 5) is 32.1. The number of rotatable bonds is 7. The maximum Gasteiger partial charge on any atom is 0.236 e. The van der Waals surface area contributed by atoms with E-state index in [9.17, 15) is 14.9 Å². The summed E-state index contributed by atoms with van der Waals surface area (Å²) in [5, 5.41) is 22.6. The summed E-state index contributed by atoms with van der Waals surface area (Å²) in [5.74, 6) is 0.0222. The van der Waals surface area contributed by atoms with Gasteiger partial charge in [-0.1, -0.05) is 64.8 Å². The molecular weight excluding hydrogens is 579 g/mol. The summed E-state index contributed by atoms with van der Waals surface area (Å²) in [6.07, 6.45) is 1.64. The normalized spacial score (nSPS) is 17.0. The maximum atomic E-state index is 13.4. The molecule has 2 aliphatic rings. The summed E-state index contributed by atoms with van der Waals surface area (Å²) >= 11 is 3.90. The molecule has 41 heavy (non-hydrogen) atoms. The third-order valence-electron chi connectivity index (χ3n) is 6.82. The summed E-state index contributed by atoms with van der Waals surface area (Å²) < 4.78 is 7.13. The van der Waals surface area contributed by atoms with Crippen LogP contribution in [-0.2, 0) is 9.59 Å². The zero-order valence-corrected chi connectivity index (χ0v) is 24.2. The van der Waals surface area contributed by atoms with E-state index in [1.807, 2.05) is 48.5 Å². The van der Waals surface area contributed by atoms with E-state index < -0.39 is 5.92 Å². The summed E-state index contributed by atoms with van der Waals surface area (Å²) in [5.41, 5.74) is 9.70. The fourth-order valence-corrected chi connectivity index (χ4v) is 7.64. The van der Waals surface area contributed by atoms with Gasteiger partial charge in [0.1, 0.15) is 11.6 Å². The number of thiazole rings is 1. The van der Waals surface area contributed by atoms with Crippen LogP contribution < -0.4 is 20.7 Å². The number of Topliss-reactive ketones (excluding diaryl/α,β-unsaturated/α-hetero) is 1. The minimum atomic E-state index is -0.636. The highest BCUT2D eigenvalue weighted by Crippen LogP contribution is 2.48. The van der Waals surface area contributed by atoms with Gasteiger partial charge >= 0.3 is 0 Å². The number of nitrogens with zero attached hydrogens (tertiary/aromatic N) is 5. The quantitative estimate of drug-likeness (QED) is 0.271. The van der Waals surface area contributed by atoms with Crippen molar-refractivity contribution in [2.75, 3.05) is 23.1 Å². The van der Waals surface area contributed by atoms with Crippen molar-refractivity contribution < 1.29 is 14.3 Å². The van der Waals surface area contributed by atoms with Crippen LogP contribution in [-0.4, -0.2) is 39.7 Å². The third kappa shape index (κ3) is 5.06. The lowest BCUT2D eigenvalue weighted by Gasteiger charge is -2.38. The highest BCUT2D eigenvalue weighted by molar-refractivity contribution is 8.01. The van der Waals surface area contributed by atoms with Gasteiger partial charge in [0.2, 0.25) is 11.0 Å². The number of allylic oxidation sites excluding steroid dienone is 3. The van der Waals surface area contributed by atoms with Crippen LogP contribution in [0, 0.1) is 11.3 Å². The number of carbonyl (C=O) groups is 2. The standard InChI is InChI=1S/C28H23N7O3S3/c1-38-20-11-4-2-7-15(20)23-16(13-29)25(30)35(18-9-6-10-19(36)24(18)23)27-33-34-28(41-27)39-14-22(37)32-26-31-17-8-3-5-12-21(17)40-26/h2-5,7-8,11-12,23H,6,9-10,14,30H2,1H3,(H,31,32,37). The molecule has 1 aliphatic heterocycles. The van der Waals surface area contributed by atoms with Crippen LogP contribution in [0.2, 0.25) is 0 Å². The third-order valence-corrected chi connectivity index (χ3v) is 9.81. The van der Waals surface area contributed by atoms with Crippen molar-refractivity contribution in [3.63, 3.8) is 0 Å². The topological polar surface area (TPSA) is 147 Å². The lowest BCUT2D eigenvalue weighted by Crippen LogP contribution is -2.38. The smallest absolute Gasteiger partial charge is 0.236 e. The van der Waals surface area contributed by atoms with Crippen molar-refractivity contribution in [1.29, 1.82) is 5.26 Å². The van der Waals surface area contributed by atoms with E-state index in [0.29, 0.717) is 50.8 Å². The van der Waals surface area contributed by atoms with Crippen LogP contribution in [0.15, 0.2) is 75.5 Å². The summed E-state index contributed by atoms with van der Waals surface area (Å²) in [7, 11) is 1.56. The molecule has 0 saturated heterocycles. The van der Waals surface area contributed by atoms with E-state index in [1.54, 1.807) is 12.0 Å². The van der Waals surface area contributed by atoms with E-state index in [1.165, 1.54) is 34.4 Å². The molecule has 1 amide bonds. The van der Waals surface area contributed by atoms with Gasteiger partial charge in [0.15, 0.2) is 15.3 Å². The van der Waals surface area contributed by atoms with Gasteiger partial charge in [-0.3, -0.25) is 14.5 Å². The van der Waals surface area contributed by atoms with Gasteiger partial charge in [0, 0.05) is 23.3 Å². The van der Waals surface area contributed by atoms with Gasteiger partial charge in [0.05, 0.1) is 40.6 Å². The Bertz CT molecular complexity index is 1750. The number of hydrogen-bond donors (Lipinski definition) is 2. The number of carbonyl (C=O) groups excluding carboxylic acids is 2. The Morgan fingerprint density at radius 3 is 2.80 bits per heavy atom. The van der Waals surface area contributed by atoms with Crippen molar-refractivity contribution in [2.45, 2.75) is 29.5 Å². The second-order valence-corrected chi connectivity index (χ2v) is 12.4. The first kappa shape index (κ1) is 26.9. The molecule has 13 heteroatoms. The van der Waals surface area contributed by atoms with Crippen molar-refractivity contribution in [2.24, 2.45) is 5.73 Å². The number of thioether (sulfide) groups is 1. The van der Waals surface area contributed by atoms with E-state index in [-0.39, 0.29) is 28.8 Å². The van der Waals surface area contributed by atoms with E-state index >= 15 is 0 Å². The van der Waals surface area contributed by atoms with Gasteiger partial charge < -0.3 is 15.8 Å². The van der Waals surface area contributed by atoms with Crippen LogP contribution in [0.5, 0.6) is 5.75 Å².